The molecule has 6 heteroatoms. The number of hydrogen-bond acceptors (Lipinski definition) is 3. The van der Waals surface area contributed by atoms with Crippen molar-refractivity contribution in [3.05, 3.63) is 59.9 Å². The highest BCUT2D eigenvalue weighted by molar-refractivity contribution is 6.00. The Morgan fingerprint density at radius 1 is 1.00 bits per heavy atom. The van der Waals surface area contributed by atoms with Crippen molar-refractivity contribution >= 4 is 22.7 Å². The molecule has 1 N–H and O–H groups in total. The van der Waals surface area contributed by atoms with Crippen LogP contribution in [0.2, 0.25) is 0 Å². The van der Waals surface area contributed by atoms with Crippen LogP contribution in [0.3, 0.4) is 0 Å². The van der Waals surface area contributed by atoms with Crippen LogP contribution in [0.25, 0.3) is 10.8 Å². The number of rotatable bonds is 2. The molecule has 3 rings (SSSR count). The fourth-order valence-electron chi connectivity index (χ4n) is 2.09. The van der Waals surface area contributed by atoms with Gasteiger partial charge in [0.25, 0.3) is 5.95 Å². The average molecular weight is 305 g/mol. The van der Waals surface area contributed by atoms with Gasteiger partial charge < -0.3 is 9.52 Å². The van der Waals surface area contributed by atoms with Crippen molar-refractivity contribution < 1.29 is 22.7 Å². The van der Waals surface area contributed by atoms with E-state index in [1.807, 2.05) is 0 Å². The summed E-state index contributed by atoms with van der Waals surface area (Å²) in [5, 5.41) is 10.8. The van der Waals surface area contributed by atoms with Crippen LogP contribution < -0.4 is 0 Å². The fourth-order valence-corrected chi connectivity index (χ4v) is 2.09. The largest absolute Gasteiger partial charge is 0.480 e. The van der Waals surface area contributed by atoms with Gasteiger partial charge in [0.2, 0.25) is 0 Å². The molecule has 3 aromatic rings. The number of aromatic hydroxyl groups is 1. The van der Waals surface area contributed by atoms with E-state index in [1.54, 1.807) is 24.3 Å². The molecule has 0 amide bonds. The van der Waals surface area contributed by atoms with Gasteiger partial charge in [0.05, 0.1) is 22.9 Å². The molecule has 0 aliphatic rings. The molecule has 112 valence electrons. The minimum absolute atomic E-state index is 0.148. The van der Waals surface area contributed by atoms with E-state index in [-0.39, 0.29) is 17.4 Å². The first-order valence-electron chi connectivity index (χ1n) is 6.37. The van der Waals surface area contributed by atoms with Crippen molar-refractivity contribution in [2.45, 2.75) is 6.18 Å². The third-order valence-corrected chi connectivity index (χ3v) is 3.13. The summed E-state index contributed by atoms with van der Waals surface area (Å²) in [6.07, 6.45) is -3.13. The van der Waals surface area contributed by atoms with Gasteiger partial charge in [0, 0.05) is 5.39 Å². The highest BCUT2D eigenvalue weighted by Crippen LogP contribution is 2.32. The van der Waals surface area contributed by atoms with Gasteiger partial charge in [-0.25, -0.2) is 0 Å². The Bertz CT molecular complexity index is 850. The fraction of sp³-hybridized carbons (Fsp3) is 0.0625. The maximum absolute atomic E-state index is 12.6. The molecule has 0 aliphatic heterocycles. The van der Waals surface area contributed by atoms with Gasteiger partial charge in [0.1, 0.15) is 0 Å². The summed E-state index contributed by atoms with van der Waals surface area (Å²) >= 11 is 0. The van der Waals surface area contributed by atoms with Gasteiger partial charge >= 0.3 is 6.18 Å². The van der Waals surface area contributed by atoms with Gasteiger partial charge in [-0.1, -0.05) is 24.3 Å². The lowest BCUT2D eigenvalue weighted by molar-refractivity contribution is -0.137. The number of alkyl halides is 3. The van der Waals surface area contributed by atoms with Crippen LogP contribution in [0.5, 0.6) is 5.95 Å². The SMILES string of the molecule is Oc1oc(C=Nc2cccc(C(F)(F)F)c2)c2ccccc12. The molecule has 1 aromatic heterocycles. The Kier molecular flexibility index (Phi) is 3.36. The predicted molar refractivity (Wildman–Crippen MR) is 76.6 cm³/mol. The Morgan fingerprint density at radius 3 is 2.45 bits per heavy atom. The van der Waals surface area contributed by atoms with E-state index in [1.165, 1.54) is 18.3 Å². The zero-order chi connectivity index (χ0) is 15.7. The van der Waals surface area contributed by atoms with Crippen molar-refractivity contribution in [1.29, 1.82) is 0 Å². The number of fused-ring (bicyclic) bond motifs is 1. The van der Waals surface area contributed by atoms with Crippen LogP contribution in [0.4, 0.5) is 18.9 Å². The molecule has 2 aromatic carbocycles. The van der Waals surface area contributed by atoms with E-state index in [4.69, 9.17) is 4.42 Å². The summed E-state index contributed by atoms with van der Waals surface area (Å²) in [7, 11) is 0. The molecule has 0 fully saturated rings. The Morgan fingerprint density at radius 2 is 1.73 bits per heavy atom. The number of furan rings is 1. The normalized spacial score (nSPS) is 12.3. The summed E-state index contributed by atoms with van der Waals surface area (Å²) in [6.45, 7) is 0. The summed E-state index contributed by atoms with van der Waals surface area (Å²) in [4.78, 5) is 3.98. The third-order valence-electron chi connectivity index (χ3n) is 3.13. The topological polar surface area (TPSA) is 45.7 Å². The molecule has 0 spiro atoms. The van der Waals surface area contributed by atoms with Crippen molar-refractivity contribution in [2.24, 2.45) is 4.99 Å². The molecule has 22 heavy (non-hydrogen) atoms. The zero-order valence-corrected chi connectivity index (χ0v) is 11.1. The minimum Gasteiger partial charge on any atom is -0.480 e. The molecule has 0 bridgehead atoms. The second kappa shape index (κ2) is 5.22. The van der Waals surface area contributed by atoms with Gasteiger partial charge in [-0.05, 0) is 24.3 Å². The second-order valence-corrected chi connectivity index (χ2v) is 4.62. The first kappa shape index (κ1) is 14.2. The highest BCUT2D eigenvalue weighted by atomic mass is 19.4. The zero-order valence-electron chi connectivity index (χ0n) is 11.1. The van der Waals surface area contributed by atoms with Crippen LogP contribution >= 0.6 is 0 Å². The molecule has 3 nitrogen and oxygen atoms in total. The molecule has 0 aliphatic carbocycles. The molecule has 1 heterocycles. The van der Waals surface area contributed by atoms with E-state index >= 15 is 0 Å². The number of hydrogen-bond donors (Lipinski definition) is 1. The van der Waals surface area contributed by atoms with Crippen LogP contribution in [-0.2, 0) is 6.18 Å². The summed E-state index contributed by atoms with van der Waals surface area (Å²) < 4.78 is 43.1. The van der Waals surface area contributed by atoms with Crippen molar-refractivity contribution in [3.8, 4) is 5.95 Å². The monoisotopic (exact) mass is 305 g/mol. The first-order chi connectivity index (χ1) is 10.4. The van der Waals surface area contributed by atoms with Crippen molar-refractivity contribution in [3.63, 3.8) is 0 Å². The molecule has 0 saturated carbocycles. The van der Waals surface area contributed by atoms with Crippen LogP contribution in [-0.4, -0.2) is 11.3 Å². The maximum atomic E-state index is 12.6. The first-order valence-corrected chi connectivity index (χ1v) is 6.37. The quantitative estimate of drug-likeness (QED) is 0.684. The van der Waals surface area contributed by atoms with Gasteiger partial charge in [0.15, 0.2) is 5.76 Å². The Balaban J connectivity index is 1.97. The maximum Gasteiger partial charge on any atom is 0.416 e. The summed E-state index contributed by atoms with van der Waals surface area (Å²) in [5.41, 5.74) is -0.621. The lowest BCUT2D eigenvalue weighted by Crippen LogP contribution is -2.03. The number of aliphatic imine (C=N–C) groups is 1. The van der Waals surface area contributed by atoms with Crippen molar-refractivity contribution in [2.75, 3.05) is 0 Å². The number of benzene rings is 2. The lowest BCUT2D eigenvalue weighted by Gasteiger charge is -2.06. The van der Waals surface area contributed by atoms with Crippen LogP contribution in [0.1, 0.15) is 11.3 Å². The minimum atomic E-state index is -4.42. The van der Waals surface area contributed by atoms with E-state index in [2.05, 4.69) is 4.99 Å². The van der Waals surface area contributed by atoms with Gasteiger partial charge in [-0.2, -0.15) is 13.2 Å². The third kappa shape index (κ3) is 2.67. The van der Waals surface area contributed by atoms with Crippen molar-refractivity contribution in [1.82, 2.24) is 0 Å². The highest BCUT2D eigenvalue weighted by Gasteiger charge is 2.30. The smallest absolute Gasteiger partial charge is 0.416 e. The number of halogens is 3. The lowest BCUT2D eigenvalue weighted by atomic mass is 10.2. The van der Waals surface area contributed by atoms with Crippen LogP contribution in [0, 0.1) is 0 Å². The standard InChI is InChI=1S/C16H10F3NO2/c17-16(18,19)10-4-3-5-11(8-10)20-9-14-12-6-1-2-7-13(12)15(21)22-14/h1-9,21H. The molecular weight excluding hydrogens is 295 g/mol. The predicted octanol–water partition coefficient (Wildman–Crippen LogP) is 4.91. The van der Waals surface area contributed by atoms with E-state index < -0.39 is 11.7 Å². The van der Waals surface area contributed by atoms with E-state index in [0.717, 1.165) is 12.1 Å². The molecular formula is C16H10F3NO2. The second-order valence-electron chi connectivity index (χ2n) is 4.62. The molecule has 0 radical (unpaired) electrons. The molecule has 0 unspecified atom stereocenters. The molecule has 0 atom stereocenters. The summed E-state index contributed by atoms with van der Waals surface area (Å²) in [6, 6.07) is 11.6. The Labute approximate surface area is 123 Å². The summed E-state index contributed by atoms with van der Waals surface area (Å²) in [5.74, 6) is 0.0339. The van der Waals surface area contributed by atoms with E-state index in [9.17, 15) is 18.3 Å². The Hall–Kier alpha value is -2.76. The van der Waals surface area contributed by atoms with E-state index in [0.29, 0.717) is 10.8 Å². The van der Waals surface area contributed by atoms with Gasteiger partial charge in [-0.15, -0.1) is 0 Å². The van der Waals surface area contributed by atoms with Gasteiger partial charge in [-0.3, -0.25) is 4.99 Å². The molecule has 0 saturated heterocycles. The average Bonchev–Trinajstić information content (AvgIpc) is 2.82. The number of nitrogens with zero attached hydrogens (tertiary/aromatic N) is 1. The van der Waals surface area contributed by atoms with Crippen LogP contribution in [0.15, 0.2) is 57.9 Å².